The van der Waals surface area contributed by atoms with Crippen molar-refractivity contribution in [2.75, 3.05) is 5.32 Å². The Kier molecular flexibility index (Phi) is 4.16. The predicted molar refractivity (Wildman–Crippen MR) is 79.7 cm³/mol. The molecule has 1 aromatic heterocycles. The number of nitrogens with zero attached hydrogens (tertiary/aromatic N) is 2. The minimum atomic E-state index is -0.405. The Morgan fingerprint density at radius 3 is 2.84 bits per heavy atom. The van der Waals surface area contributed by atoms with Crippen molar-refractivity contribution >= 4 is 38.6 Å². The third-order valence-electron chi connectivity index (χ3n) is 2.70. The van der Waals surface area contributed by atoms with Crippen LogP contribution in [0, 0.1) is 17.0 Å². The average Bonchev–Trinajstić information content (AvgIpc) is 2.77. The zero-order valence-corrected chi connectivity index (χ0v) is 12.8. The quantitative estimate of drug-likeness (QED) is 0.665. The molecule has 7 heteroatoms. The van der Waals surface area contributed by atoms with E-state index in [1.807, 2.05) is 19.9 Å². The third kappa shape index (κ3) is 3.10. The van der Waals surface area contributed by atoms with E-state index in [1.165, 1.54) is 6.07 Å². The number of hydrogen-bond donors (Lipinski definition) is 1. The van der Waals surface area contributed by atoms with E-state index in [9.17, 15) is 10.1 Å². The molecule has 0 aliphatic carbocycles. The molecule has 1 unspecified atom stereocenters. The van der Waals surface area contributed by atoms with Crippen molar-refractivity contribution in [3.63, 3.8) is 0 Å². The lowest BCUT2D eigenvalue weighted by atomic mass is 10.2. The highest BCUT2D eigenvalue weighted by Gasteiger charge is 2.15. The van der Waals surface area contributed by atoms with Crippen LogP contribution in [0.5, 0.6) is 0 Å². The van der Waals surface area contributed by atoms with E-state index in [4.69, 9.17) is 0 Å². The van der Waals surface area contributed by atoms with Crippen molar-refractivity contribution < 1.29 is 4.92 Å². The summed E-state index contributed by atoms with van der Waals surface area (Å²) in [6, 6.07) is 5.07. The van der Waals surface area contributed by atoms with Gasteiger partial charge in [-0.25, -0.2) is 4.98 Å². The highest BCUT2D eigenvalue weighted by atomic mass is 79.9. The van der Waals surface area contributed by atoms with Crippen molar-refractivity contribution in [1.29, 1.82) is 0 Å². The second-order valence-electron chi connectivity index (χ2n) is 4.09. The molecule has 5 nitrogen and oxygen atoms in total. The normalized spacial score (nSPS) is 12.2. The fourth-order valence-electron chi connectivity index (χ4n) is 1.78. The first-order valence-corrected chi connectivity index (χ1v) is 7.26. The van der Waals surface area contributed by atoms with E-state index >= 15 is 0 Å². The minimum absolute atomic E-state index is 0.0539. The molecule has 0 radical (unpaired) electrons. The summed E-state index contributed by atoms with van der Waals surface area (Å²) in [5.41, 5.74) is 3.55. The average molecular weight is 342 g/mol. The van der Waals surface area contributed by atoms with Crippen LogP contribution < -0.4 is 5.32 Å². The van der Waals surface area contributed by atoms with Gasteiger partial charge in [0.25, 0.3) is 5.69 Å². The van der Waals surface area contributed by atoms with Gasteiger partial charge in [-0.1, -0.05) is 0 Å². The summed E-state index contributed by atoms with van der Waals surface area (Å²) in [6.07, 6.45) is 0. The minimum Gasteiger partial charge on any atom is -0.377 e. The van der Waals surface area contributed by atoms with Crippen LogP contribution in [0.4, 0.5) is 11.4 Å². The molecule has 1 heterocycles. The Morgan fingerprint density at radius 1 is 1.53 bits per heavy atom. The number of nitro benzene ring substituents is 1. The molecule has 2 aromatic rings. The smallest absolute Gasteiger partial charge is 0.285 e. The lowest BCUT2D eigenvalue weighted by Gasteiger charge is -2.14. The molecule has 0 amide bonds. The first-order chi connectivity index (χ1) is 8.99. The van der Waals surface area contributed by atoms with Gasteiger partial charge < -0.3 is 5.32 Å². The molecule has 19 heavy (non-hydrogen) atoms. The summed E-state index contributed by atoms with van der Waals surface area (Å²) >= 11 is 4.74. The predicted octanol–water partition coefficient (Wildman–Crippen LogP) is 4.30. The van der Waals surface area contributed by atoms with E-state index in [-0.39, 0.29) is 11.7 Å². The zero-order chi connectivity index (χ0) is 14.0. The molecule has 0 fully saturated rings. The zero-order valence-electron chi connectivity index (χ0n) is 10.4. The molecule has 0 saturated carbocycles. The number of anilines is 1. The summed E-state index contributed by atoms with van der Waals surface area (Å²) in [5.74, 6) is 0. The number of nitrogens with one attached hydrogen (secondary N) is 1. The Labute approximate surface area is 123 Å². The van der Waals surface area contributed by atoms with Crippen LogP contribution in [0.2, 0.25) is 0 Å². The monoisotopic (exact) mass is 341 g/mol. The van der Waals surface area contributed by atoms with E-state index in [0.717, 1.165) is 16.3 Å². The lowest BCUT2D eigenvalue weighted by molar-refractivity contribution is -0.385. The molecule has 2 rings (SSSR count). The van der Waals surface area contributed by atoms with Crippen molar-refractivity contribution in [2.45, 2.75) is 19.9 Å². The maximum atomic E-state index is 10.9. The number of aryl methyl sites for hydroxylation is 1. The molecular weight excluding hydrogens is 330 g/mol. The number of halogens is 1. The summed E-state index contributed by atoms with van der Waals surface area (Å²) in [5, 5.41) is 14.1. The number of thiazole rings is 1. The number of nitro groups is 1. The molecule has 0 aliphatic heterocycles. The van der Waals surface area contributed by atoms with Crippen LogP contribution in [0.3, 0.4) is 0 Å². The van der Waals surface area contributed by atoms with Gasteiger partial charge in [-0.05, 0) is 41.9 Å². The van der Waals surface area contributed by atoms with Gasteiger partial charge >= 0.3 is 0 Å². The summed E-state index contributed by atoms with van der Waals surface area (Å²) in [4.78, 5) is 15.8. The highest BCUT2D eigenvalue weighted by Crippen LogP contribution is 2.30. The summed E-state index contributed by atoms with van der Waals surface area (Å²) < 4.78 is 0.477. The van der Waals surface area contributed by atoms with Gasteiger partial charge in [-0.15, -0.1) is 11.3 Å². The van der Waals surface area contributed by atoms with Crippen LogP contribution in [-0.2, 0) is 0 Å². The van der Waals surface area contributed by atoms with E-state index in [2.05, 4.69) is 26.2 Å². The van der Waals surface area contributed by atoms with E-state index < -0.39 is 4.92 Å². The molecule has 1 aromatic carbocycles. The van der Waals surface area contributed by atoms with Crippen molar-refractivity contribution in [2.24, 2.45) is 0 Å². The summed E-state index contributed by atoms with van der Waals surface area (Å²) in [7, 11) is 0. The van der Waals surface area contributed by atoms with Gasteiger partial charge in [0.15, 0.2) is 0 Å². The number of hydrogen-bond acceptors (Lipinski definition) is 5. The second-order valence-corrected chi connectivity index (χ2v) is 5.83. The molecule has 1 N–H and O–H groups in total. The SMILES string of the molecule is Cc1ncsc1C(C)Nc1ccc(Br)c([N+](=O)[O-])c1. The van der Waals surface area contributed by atoms with Crippen molar-refractivity contribution in [3.8, 4) is 0 Å². The van der Waals surface area contributed by atoms with Gasteiger partial charge in [-0.2, -0.15) is 0 Å². The molecule has 0 saturated heterocycles. The largest absolute Gasteiger partial charge is 0.377 e. The molecule has 0 aliphatic rings. The standard InChI is InChI=1S/C12H12BrN3O2S/c1-7-12(19-6-14-7)8(2)15-9-3-4-10(13)11(5-9)16(17)18/h3-6,8,15H,1-2H3. The fourth-order valence-corrected chi connectivity index (χ4v) is 2.99. The van der Waals surface area contributed by atoms with Crippen LogP contribution >= 0.6 is 27.3 Å². The molecule has 1 atom stereocenters. The molecule has 100 valence electrons. The van der Waals surface area contributed by atoms with Crippen LogP contribution in [-0.4, -0.2) is 9.91 Å². The van der Waals surface area contributed by atoms with Gasteiger partial charge in [-0.3, -0.25) is 10.1 Å². The first kappa shape index (κ1) is 14.0. The van der Waals surface area contributed by atoms with Crippen LogP contribution in [0.1, 0.15) is 23.5 Å². The number of benzene rings is 1. The van der Waals surface area contributed by atoms with Gasteiger partial charge in [0.05, 0.1) is 26.6 Å². The Hall–Kier alpha value is -1.47. The molecule has 0 bridgehead atoms. The maximum absolute atomic E-state index is 10.9. The number of rotatable bonds is 4. The second kappa shape index (κ2) is 5.66. The Balaban J connectivity index is 2.22. The highest BCUT2D eigenvalue weighted by molar-refractivity contribution is 9.10. The summed E-state index contributed by atoms with van der Waals surface area (Å²) in [6.45, 7) is 3.96. The number of aromatic nitrogens is 1. The van der Waals surface area contributed by atoms with Crippen molar-refractivity contribution in [1.82, 2.24) is 4.98 Å². The van der Waals surface area contributed by atoms with Gasteiger partial charge in [0, 0.05) is 16.6 Å². The fraction of sp³-hybridized carbons (Fsp3) is 0.250. The first-order valence-electron chi connectivity index (χ1n) is 5.59. The van der Waals surface area contributed by atoms with Crippen LogP contribution in [0.15, 0.2) is 28.2 Å². The lowest BCUT2D eigenvalue weighted by Crippen LogP contribution is -2.06. The molecule has 0 spiro atoms. The van der Waals surface area contributed by atoms with E-state index in [1.54, 1.807) is 22.9 Å². The van der Waals surface area contributed by atoms with Crippen LogP contribution in [0.25, 0.3) is 0 Å². The Morgan fingerprint density at radius 2 is 2.26 bits per heavy atom. The Bertz CT molecular complexity index is 615. The topological polar surface area (TPSA) is 68.1 Å². The van der Waals surface area contributed by atoms with E-state index in [0.29, 0.717) is 4.47 Å². The van der Waals surface area contributed by atoms with Crippen molar-refractivity contribution in [3.05, 3.63) is 48.9 Å². The van der Waals surface area contributed by atoms with Gasteiger partial charge in [0.2, 0.25) is 0 Å². The third-order valence-corrected chi connectivity index (χ3v) is 4.49. The molecular formula is C12H12BrN3O2S. The maximum Gasteiger partial charge on any atom is 0.285 e. The van der Waals surface area contributed by atoms with Gasteiger partial charge in [0.1, 0.15) is 0 Å².